The minimum Gasteiger partial charge on any atom is -0.497 e. The quantitative estimate of drug-likeness (QED) is 0.385. The van der Waals surface area contributed by atoms with Crippen LogP contribution in [0, 0.1) is 0 Å². The van der Waals surface area contributed by atoms with Crippen molar-refractivity contribution in [1.29, 1.82) is 0 Å². The molecule has 7 nitrogen and oxygen atoms in total. The molecule has 0 radical (unpaired) electrons. The van der Waals surface area contributed by atoms with Crippen LogP contribution in [0.1, 0.15) is 57.8 Å². The van der Waals surface area contributed by atoms with E-state index in [1.807, 2.05) is 75.4 Å². The number of anilines is 1. The number of rotatable bonds is 6. The molecule has 0 spiro atoms. The van der Waals surface area contributed by atoms with Gasteiger partial charge in [-0.3, -0.25) is 0 Å². The highest BCUT2D eigenvalue weighted by Crippen LogP contribution is 2.29. The lowest BCUT2D eigenvalue weighted by Crippen LogP contribution is -2.49. The van der Waals surface area contributed by atoms with Crippen LogP contribution >= 0.6 is 11.6 Å². The van der Waals surface area contributed by atoms with Crippen molar-refractivity contribution < 1.29 is 14.3 Å². The van der Waals surface area contributed by atoms with Crippen LogP contribution in [0.2, 0.25) is 5.02 Å². The second-order valence-electron chi connectivity index (χ2n) is 9.99. The van der Waals surface area contributed by atoms with Crippen LogP contribution in [-0.4, -0.2) is 40.9 Å². The molecule has 3 aromatic rings. The van der Waals surface area contributed by atoms with Crippen LogP contribution in [0.15, 0.2) is 42.5 Å². The summed E-state index contributed by atoms with van der Waals surface area (Å²) in [5, 5.41) is 8.23. The molecule has 190 valence electrons. The van der Waals surface area contributed by atoms with Crippen molar-refractivity contribution in [1.82, 2.24) is 15.3 Å². The van der Waals surface area contributed by atoms with Crippen molar-refractivity contribution in [3.63, 3.8) is 0 Å². The van der Waals surface area contributed by atoms with Crippen molar-refractivity contribution in [2.24, 2.45) is 0 Å². The standard InChI is InChI=1S/C28H33ClN4O3/c1-28(2,3)36-27(34)32-24-8-6-5-7-23(24)31-26-21-17-20(35-4)14-15-22(21)30-25(33-26)16-11-18-9-12-19(29)13-10-18/h9-17,23-24H,5-8H2,1-4H3,(H,32,34)(H,30,31,33)/b16-11+. The zero-order chi connectivity index (χ0) is 25.7. The van der Waals surface area contributed by atoms with Gasteiger partial charge in [-0.2, -0.15) is 0 Å². The summed E-state index contributed by atoms with van der Waals surface area (Å²) in [6.07, 6.45) is 7.33. The highest BCUT2D eigenvalue weighted by Gasteiger charge is 2.29. The molecular weight excluding hydrogens is 476 g/mol. The maximum atomic E-state index is 12.5. The number of hydrogen-bond donors (Lipinski definition) is 2. The number of aromatic nitrogens is 2. The Bertz CT molecular complexity index is 1240. The van der Waals surface area contributed by atoms with E-state index in [1.54, 1.807) is 7.11 Å². The summed E-state index contributed by atoms with van der Waals surface area (Å²) in [6.45, 7) is 5.59. The second kappa shape index (κ2) is 11.2. The highest BCUT2D eigenvalue weighted by molar-refractivity contribution is 6.30. The molecule has 2 aromatic carbocycles. The highest BCUT2D eigenvalue weighted by atomic mass is 35.5. The first-order valence-electron chi connectivity index (χ1n) is 12.3. The van der Waals surface area contributed by atoms with Gasteiger partial charge in [-0.1, -0.05) is 42.7 Å². The Balaban J connectivity index is 1.63. The summed E-state index contributed by atoms with van der Waals surface area (Å²) >= 11 is 6.01. The molecular formula is C28H33ClN4O3. The topological polar surface area (TPSA) is 85.4 Å². The number of nitrogens with zero attached hydrogens (tertiary/aromatic N) is 2. The predicted octanol–water partition coefficient (Wildman–Crippen LogP) is 6.71. The maximum Gasteiger partial charge on any atom is 0.407 e. The van der Waals surface area contributed by atoms with Crippen LogP contribution in [0.25, 0.3) is 23.1 Å². The molecule has 1 amide bonds. The molecule has 2 N–H and O–H groups in total. The number of hydrogen-bond acceptors (Lipinski definition) is 6. The van der Waals surface area contributed by atoms with Crippen LogP contribution in [0.4, 0.5) is 10.6 Å². The molecule has 1 aromatic heterocycles. The Kier molecular flexibility index (Phi) is 7.99. The fourth-order valence-corrected chi connectivity index (χ4v) is 4.42. The molecule has 0 saturated heterocycles. The molecule has 1 fully saturated rings. The summed E-state index contributed by atoms with van der Waals surface area (Å²) in [4.78, 5) is 22.1. The van der Waals surface area contributed by atoms with Gasteiger partial charge in [0.25, 0.3) is 0 Å². The van der Waals surface area contributed by atoms with Crippen molar-refractivity contribution >= 4 is 46.6 Å². The summed E-state index contributed by atoms with van der Waals surface area (Å²) in [7, 11) is 1.64. The monoisotopic (exact) mass is 508 g/mol. The van der Waals surface area contributed by atoms with Crippen LogP contribution in [0.5, 0.6) is 5.75 Å². The summed E-state index contributed by atoms with van der Waals surface area (Å²) in [5.41, 5.74) is 1.25. The number of amides is 1. The number of benzene rings is 2. The Morgan fingerprint density at radius 2 is 1.75 bits per heavy atom. The first kappa shape index (κ1) is 25.8. The van der Waals surface area contributed by atoms with Gasteiger partial charge in [-0.05, 0) is 75.6 Å². The smallest absolute Gasteiger partial charge is 0.407 e. The molecule has 1 saturated carbocycles. The number of carbonyl (C=O) groups is 1. The SMILES string of the molecule is COc1ccc2nc(/C=C/c3ccc(Cl)cc3)nc(NC3CCCCC3NC(=O)OC(C)(C)C)c2c1. The van der Waals surface area contributed by atoms with E-state index < -0.39 is 11.7 Å². The van der Waals surface area contributed by atoms with E-state index in [1.165, 1.54) is 0 Å². The van der Waals surface area contributed by atoms with Gasteiger partial charge in [0.1, 0.15) is 17.2 Å². The summed E-state index contributed by atoms with van der Waals surface area (Å²) in [5.74, 6) is 2.01. The number of carbonyl (C=O) groups excluding carboxylic acids is 1. The third-order valence-electron chi connectivity index (χ3n) is 6.01. The maximum absolute atomic E-state index is 12.5. The van der Waals surface area contributed by atoms with E-state index in [2.05, 4.69) is 10.6 Å². The molecule has 1 aliphatic carbocycles. The molecule has 4 rings (SSSR count). The molecule has 36 heavy (non-hydrogen) atoms. The zero-order valence-corrected chi connectivity index (χ0v) is 21.9. The Morgan fingerprint density at radius 3 is 2.44 bits per heavy atom. The third-order valence-corrected chi connectivity index (χ3v) is 6.26. The fourth-order valence-electron chi connectivity index (χ4n) is 4.29. The van der Waals surface area contributed by atoms with Gasteiger partial charge < -0.3 is 20.1 Å². The zero-order valence-electron chi connectivity index (χ0n) is 21.2. The number of ether oxygens (including phenoxy) is 2. The Labute approximate surface area is 217 Å². The number of alkyl carbamates (subject to hydrolysis) is 1. The Hall–Kier alpha value is -3.32. The second-order valence-corrected chi connectivity index (χ2v) is 10.4. The van der Waals surface area contributed by atoms with E-state index in [-0.39, 0.29) is 12.1 Å². The molecule has 1 aliphatic rings. The Morgan fingerprint density at radius 1 is 1.03 bits per heavy atom. The van der Waals surface area contributed by atoms with Gasteiger partial charge in [-0.25, -0.2) is 14.8 Å². The first-order valence-corrected chi connectivity index (χ1v) is 12.6. The lowest BCUT2D eigenvalue weighted by molar-refractivity contribution is 0.0488. The van der Waals surface area contributed by atoms with Crippen molar-refractivity contribution in [3.8, 4) is 5.75 Å². The van der Waals surface area contributed by atoms with Gasteiger partial charge in [0.2, 0.25) is 0 Å². The predicted molar refractivity (Wildman–Crippen MR) is 146 cm³/mol. The normalized spacial score (nSPS) is 18.2. The van der Waals surface area contributed by atoms with Gasteiger partial charge >= 0.3 is 6.09 Å². The van der Waals surface area contributed by atoms with Gasteiger partial charge in [0.05, 0.1) is 18.7 Å². The van der Waals surface area contributed by atoms with Gasteiger partial charge in [0, 0.05) is 16.5 Å². The van der Waals surface area contributed by atoms with E-state index in [0.717, 1.165) is 47.9 Å². The van der Waals surface area contributed by atoms with Gasteiger partial charge in [-0.15, -0.1) is 0 Å². The van der Waals surface area contributed by atoms with E-state index in [4.69, 9.17) is 31.0 Å². The van der Waals surface area contributed by atoms with E-state index in [0.29, 0.717) is 16.7 Å². The van der Waals surface area contributed by atoms with Crippen LogP contribution < -0.4 is 15.4 Å². The van der Waals surface area contributed by atoms with E-state index in [9.17, 15) is 4.79 Å². The molecule has 0 aliphatic heterocycles. The average molecular weight is 509 g/mol. The lowest BCUT2D eigenvalue weighted by atomic mass is 9.90. The lowest BCUT2D eigenvalue weighted by Gasteiger charge is -2.34. The minimum atomic E-state index is -0.549. The molecule has 2 atom stereocenters. The summed E-state index contributed by atoms with van der Waals surface area (Å²) < 4.78 is 11.0. The third kappa shape index (κ3) is 6.88. The number of nitrogens with one attached hydrogen (secondary N) is 2. The summed E-state index contributed by atoms with van der Waals surface area (Å²) in [6, 6.07) is 13.3. The van der Waals surface area contributed by atoms with Crippen LogP contribution in [-0.2, 0) is 4.74 Å². The average Bonchev–Trinajstić information content (AvgIpc) is 2.83. The van der Waals surface area contributed by atoms with Crippen molar-refractivity contribution in [2.75, 3.05) is 12.4 Å². The number of fused-ring (bicyclic) bond motifs is 1. The van der Waals surface area contributed by atoms with Crippen molar-refractivity contribution in [2.45, 2.75) is 64.1 Å². The van der Waals surface area contributed by atoms with Gasteiger partial charge in [0.15, 0.2) is 5.82 Å². The molecule has 1 heterocycles. The van der Waals surface area contributed by atoms with E-state index >= 15 is 0 Å². The largest absolute Gasteiger partial charge is 0.497 e. The molecule has 2 unspecified atom stereocenters. The first-order chi connectivity index (χ1) is 17.2. The van der Waals surface area contributed by atoms with Crippen molar-refractivity contribution in [3.05, 3.63) is 58.9 Å². The minimum absolute atomic E-state index is 0.00339. The molecule has 0 bridgehead atoms. The number of methoxy groups -OCH3 is 1. The molecule has 8 heteroatoms. The fraction of sp³-hybridized carbons (Fsp3) is 0.393. The van der Waals surface area contributed by atoms with Crippen LogP contribution in [0.3, 0.4) is 0 Å². The number of halogens is 1.